The van der Waals surface area contributed by atoms with Crippen molar-refractivity contribution in [3.8, 4) is 0 Å². The molecule has 0 radical (unpaired) electrons. The number of carbonyl (C=O) groups excluding carboxylic acids is 1. The van der Waals surface area contributed by atoms with Gasteiger partial charge in [0.2, 0.25) is 5.91 Å². The lowest BCUT2D eigenvalue weighted by molar-refractivity contribution is -0.121. The van der Waals surface area contributed by atoms with Gasteiger partial charge in [-0.3, -0.25) is 9.79 Å². The molecule has 1 unspecified atom stereocenters. The van der Waals surface area contributed by atoms with Crippen molar-refractivity contribution in [2.24, 2.45) is 10.7 Å². The molecule has 1 amide bonds. The summed E-state index contributed by atoms with van der Waals surface area (Å²) in [6, 6.07) is 0.220. The third kappa shape index (κ3) is 7.56. The Morgan fingerprint density at radius 3 is 2.68 bits per heavy atom. The standard InChI is InChI=1S/C12H24N4O2.HI/c1-3-10(2)15-11(17)4-5-14-12(13)16-6-8-18-9-7-16;/h10H,3-9H2,1-2H3,(H2,13,14)(H,15,17);1H. The van der Waals surface area contributed by atoms with Gasteiger partial charge in [0.15, 0.2) is 5.96 Å². The maximum Gasteiger partial charge on any atom is 0.222 e. The number of nitrogens with zero attached hydrogens (tertiary/aromatic N) is 2. The number of halogens is 1. The zero-order valence-corrected chi connectivity index (χ0v) is 14.1. The minimum atomic E-state index is 0. The molecule has 1 heterocycles. The molecule has 0 aromatic carbocycles. The molecule has 1 aliphatic heterocycles. The van der Waals surface area contributed by atoms with Crippen molar-refractivity contribution in [3.63, 3.8) is 0 Å². The van der Waals surface area contributed by atoms with E-state index in [0.29, 0.717) is 32.1 Å². The van der Waals surface area contributed by atoms with Crippen LogP contribution in [-0.2, 0) is 9.53 Å². The van der Waals surface area contributed by atoms with Gasteiger partial charge in [-0.15, -0.1) is 24.0 Å². The summed E-state index contributed by atoms with van der Waals surface area (Å²) in [6.07, 6.45) is 1.32. The second-order valence-corrected chi connectivity index (χ2v) is 4.47. The van der Waals surface area contributed by atoms with Crippen LogP contribution in [-0.4, -0.2) is 55.7 Å². The normalized spacial score (nSPS) is 17.6. The highest BCUT2D eigenvalue weighted by atomic mass is 127. The van der Waals surface area contributed by atoms with Crippen molar-refractivity contribution in [2.45, 2.75) is 32.7 Å². The molecule has 0 aliphatic carbocycles. The molecule has 1 fully saturated rings. The SMILES string of the molecule is CCC(C)NC(=O)CCN=C(N)N1CCOCC1.I. The fourth-order valence-electron chi connectivity index (χ4n) is 1.61. The highest BCUT2D eigenvalue weighted by Gasteiger charge is 2.12. The largest absolute Gasteiger partial charge is 0.378 e. The van der Waals surface area contributed by atoms with Gasteiger partial charge >= 0.3 is 0 Å². The average molecular weight is 384 g/mol. The molecule has 0 aromatic heterocycles. The van der Waals surface area contributed by atoms with Crippen LogP contribution in [0.1, 0.15) is 26.7 Å². The molecule has 3 N–H and O–H groups in total. The van der Waals surface area contributed by atoms with Crippen LogP contribution >= 0.6 is 24.0 Å². The van der Waals surface area contributed by atoms with Crippen LogP contribution in [0.15, 0.2) is 4.99 Å². The first kappa shape index (κ1) is 18.4. The van der Waals surface area contributed by atoms with E-state index in [1.54, 1.807) is 0 Å². The highest BCUT2D eigenvalue weighted by Crippen LogP contribution is 1.96. The number of guanidine groups is 1. The van der Waals surface area contributed by atoms with Crippen LogP contribution in [0.2, 0.25) is 0 Å². The molecule has 1 aliphatic rings. The van der Waals surface area contributed by atoms with Crippen molar-refractivity contribution in [1.82, 2.24) is 10.2 Å². The number of morpholine rings is 1. The number of ether oxygens (including phenoxy) is 1. The molecule has 112 valence electrons. The Balaban J connectivity index is 0.00000324. The topological polar surface area (TPSA) is 80.0 Å². The zero-order valence-electron chi connectivity index (χ0n) is 11.7. The van der Waals surface area contributed by atoms with Crippen molar-refractivity contribution in [3.05, 3.63) is 0 Å². The van der Waals surface area contributed by atoms with Crippen LogP contribution in [0.4, 0.5) is 0 Å². The van der Waals surface area contributed by atoms with Gasteiger partial charge in [-0.05, 0) is 13.3 Å². The molecule has 7 heteroatoms. The predicted octanol–water partition coefficient (Wildman–Crippen LogP) is 0.556. The molecule has 0 bridgehead atoms. The van der Waals surface area contributed by atoms with Crippen molar-refractivity contribution in [2.75, 3.05) is 32.8 Å². The monoisotopic (exact) mass is 384 g/mol. The smallest absolute Gasteiger partial charge is 0.222 e. The van der Waals surface area contributed by atoms with E-state index in [0.717, 1.165) is 19.5 Å². The number of hydrogen-bond donors (Lipinski definition) is 2. The van der Waals surface area contributed by atoms with Crippen LogP contribution in [0.25, 0.3) is 0 Å². The average Bonchev–Trinajstić information content (AvgIpc) is 2.39. The van der Waals surface area contributed by atoms with Crippen LogP contribution in [0.3, 0.4) is 0 Å². The molecule has 0 aromatic rings. The molecular weight excluding hydrogens is 359 g/mol. The Hall–Kier alpha value is -0.570. The minimum Gasteiger partial charge on any atom is -0.378 e. The highest BCUT2D eigenvalue weighted by molar-refractivity contribution is 14.0. The van der Waals surface area contributed by atoms with Crippen LogP contribution in [0, 0.1) is 0 Å². The Kier molecular flexibility index (Phi) is 9.94. The molecule has 1 saturated heterocycles. The van der Waals surface area contributed by atoms with E-state index in [-0.39, 0.29) is 35.9 Å². The van der Waals surface area contributed by atoms with E-state index in [2.05, 4.69) is 10.3 Å². The summed E-state index contributed by atoms with van der Waals surface area (Å²) in [5, 5.41) is 2.90. The molecule has 0 saturated carbocycles. The van der Waals surface area contributed by atoms with E-state index < -0.39 is 0 Å². The second-order valence-electron chi connectivity index (χ2n) is 4.47. The number of carbonyl (C=O) groups is 1. The van der Waals surface area contributed by atoms with Gasteiger partial charge in [-0.1, -0.05) is 6.92 Å². The second kappa shape index (κ2) is 10.2. The van der Waals surface area contributed by atoms with Crippen LogP contribution in [0.5, 0.6) is 0 Å². The number of amides is 1. The van der Waals surface area contributed by atoms with E-state index in [4.69, 9.17) is 10.5 Å². The summed E-state index contributed by atoms with van der Waals surface area (Å²) in [7, 11) is 0. The maximum atomic E-state index is 11.5. The van der Waals surface area contributed by atoms with E-state index >= 15 is 0 Å². The summed E-state index contributed by atoms with van der Waals surface area (Å²) in [6.45, 7) is 7.38. The zero-order chi connectivity index (χ0) is 13.4. The molecule has 19 heavy (non-hydrogen) atoms. The first-order valence-corrected chi connectivity index (χ1v) is 6.55. The number of nitrogens with two attached hydrogens (primary N) is 1. The lowest BCUT2D eigenvalue weighted by atomic mass is 10.2. The summed E-state index contributed by atoms with van der Waals surface area (Å²) in [5.74, 6) is 0.539. The first-order chi connectivity index (χ1) is 8.63. The fourth-order valence-corrected chi connectivity index (χ4v) is 1.61. The minimum absolute atomic E-state index is 0. The lowest BCUT2D eigenvalue weighted by Gasteiger charge is -2.27. The van der Waals surface area contributed by atoms with Gasteiger partial charge in [0.1, 0.15) is 0 Å². The Morgan fingerprint density at radius 2 is 2.11 bits per heavy atom. The Labute approximate surface area is 132 Å². The molecular formula is C12H25IN4O2. The van der Waals surface area contributed by atoms with Gasteiger partial charge in [0.05, 0.1) is 19.8 Å². The number of nitrogens with one attached hydrogen (secondary N) is 1. The first-order valence-electron chi connectivity index (χ1n) is 6.55. The van der Waals surface area contributed by atoms with Crippen molar-refractivity contribution in [1.29, 1.82) is 0 Å². The predicted molar refractivity (Wildman–Crippen MR) is 86.8 cm³/mol. The van der Waals surface area contributed by atoms with Gasteiger partial charge < -0.3 is 20.7 Å². The van der Waals surface area contributed by atoms with Gasteiger partial charge in [-0.2, -0.15) is 0 Å². The maximum absolute atomic E-state index is 11.5. The summed E-state index contributed by atoms with van der Waals surface area (Å²) >= 11 is 0. The lowest BCUT2D eigenvalue weighted by Crippen LogP contribution is -2.45. The Morgan fingerprint density at radius 1 is 1.47 bits per heavy atom. The number of hydrogen-bond acceptors (Lipinski definition) is 3. The molecule has 0 spiro atoms. The molecule has 6 nitrogen and oxygen atoms in total. The van der Waals surface area contributed by atoms with Crippen molar-refractivity contribution >= 4 is 35.8 Å². The van der Waals surface area contributed by atoms with Crippen molar-refractivity contribution < 1.29 is 9.53 Å². The molecule has 1 rings (SSSR count). The summed E-state index contributed by atoms with van der Waals surface area (Å²) < 4.78 is 5.23. The summed E-state index contributed by atoms with van der Waals surface area (Å²) in [4.78, 5) is 17.7. The number of rotatable bonds is 5. The van der Waals surface area contributed by atoms with E-state index in [9.17, 15) is 4.79 Å². The molecule has 1 atom stereocenters. The third-order valence-corrected chi connectivity index (χ3v) is 2.97. The quantitative estimate of drug-likeness (QED) is 0.412. The summed E-state index contributed by atoms with van der Waals surface area (Å²) in [5.41, 5.74) is 5.85. The van der Waals surface area contributed by atoms with Gasteiger partial charge in [0.25, 0.3) is 0 Å². The van der Waals surface area contributed by atoms with Crippen LogP contribution < -0.4 is 11.1 Å². The third-order valence-electron chi connectivity index (χ3n) is 2.97. The fraction of sp³-hybridized carbons (Fsp3) is 0.833. The number of aliphatic imine (C=N–C) groups is 1. The van der Waals surface area contributed by atoms with E-state index in [1.807, 2.05) is 18.7 Å². The van der Waals surface area contributed by atoms with E-state index in [1.165, 1.54) is 0 Å². The Bertz CT molecular complexity index is 293. The van der Waals surface area contributed by atoms with Gasteiger partial charge in [0, 0.05) is 25.6 Å². The van der Waals surface area contributed by atoms with Gasteiger partial charge in [-0.25, -0.2) is 0 Å².